The van der Waals surface area contributed by atoms with Crippen molar-refractivity contribution in [2.24, 2.45) is 11.7 Å². The van der Waals surface area contributed by atoms with Crippen molar-refractivity contribution in [2.75, 3.05) is 20.2 Å². The number of likely N-dealkylation sites (tertiary alicyclic amines) is 1. The topological polar surface area (TPSA) is 55.6 Å². The van der Waals surface area contributed by atoms with Crippen LogP contribution in [0.15, 0.2) is 24.3 Å². The van der Waals surface area contributed by atoms with E-state index in [0.717, 1.165) is 31.7 Å². The molecule has 110 valence electrons. The quantitative estimate of drug-likeness (QED) is 0.892. The molecule has 1 amide bonds. The van der Waals surface area contributed by atoms with Gasteiger partial charge in [0, 0.05) is 6.54 Å². The van der Waals surface area contributed by atoms with Crippen molar-refractivity contribution in [3.63, 3.8) is 0 Å². The van der Waals surface area contributed by atoms with E-state index < -0.39 is 0 Å². The summed E-state index contributed by atoms with van der Waals surface area (Å²) in [5.41, 5.74) is 6.65. The highest BCUT2D eigenvalue weighted by atomic mass is 16.5. The van der Waals surface area contributed by atoms with E-state index in [0.29, 0.717) is 5.92 Å². The third-order valence-corrected chi connectivity index (χ3v) is 4.21. The van der Waals surface area contributed by atoms with E-state index in [4.69, 9.17) is 10.5 Å². The Morgan fingerprint density at radius 3 is 2.95 bits per heavy atom. The van der Waals surface area contributed by atoms with Crippen LogP contribution in [0.3, 0.4) is 0 Å². The first-order chi connectivity index (χ1) is 9.61. The monoisotopic (exact) mass is 276 g/mol. The number of ether oxygens (including phenoxy) is 1. The number of carbonyl (C=O) groups excluding carboxylic acids is 1. The molecule has 20 heavy (non-hydrogen) atoms. The number of carbonyl (C=O) groups is 1. The van der Waals surface area contributed by atoms with Gasteiger partial charge in [-0.15, -0.1) is 0 Å². The highest BCUT2D eigenvalue weighted by molar-refractivity contribution is 5.79. The Balaban J connectivity index is 2.01. The molecule has 2 atom stereocenters. The summed E-state index contributed by atoms with van der Waals surface area (Å²) in [4.78, 5) is 13.5. The average Bonchev–Trinajstić information content (AvgIpc) is 2.47. The SMILES string of the molecule is COc1ccccc1C[C@@H]1CCCN([C@H](C)C(N)=O)C1. The Bertz CT molecular complexity index is 462. The summed E-state index contributed by atoms with van der Waals surface area (Å²) in [7, 11) is 1.71. The van der Waals surface area contributed by atoms with Crippen LogP contribution < -0.4 is 10.5 Å². The Hall–Kier alpha value is -1.55. The number of hydrogen-bond acceptors (Lipinski definition) is 3. The molecule has 1 fully saturated rings. The molecule has 1 saturated heterocycles. The minimum atomic E-state index is -0.233. The normalized spacial score (nSPS) is 21.4. The van der Waals surface area contributed by atoms with Crippen LogP contribution in [0, 0.1) is 5.92 Å². The lowest BCUT2D eigenvalue weighted by Gasteiger charge is -2.35. The minimum Gasteiger partial charge on any atom is -0.496 e. The molecule has 0 aromatic heterocycles. The molecule has 1 aliphatic heterocycles. The molecule has 0 bridgehead atoms. The summed E-state index contributed by atoms with van der Waals surface area (Å²) in [5, 5.41) is 0. The van der Waals surface area contributed by atoms with E-state index in [1.807, 2.05) is 25.1 Å². The second kappa shape index (κ2) is 6.75. The Morgan fingerprint density at radius 2 is 2.25 bits per heavy atom. The summed E-state index contributed by atoms with van der Waals surface area (Å²) in [6.07, 6.45) is 3.31. The third kappa shape index (κ3) is 3.51. The van der Waals surface area contributed by atoms with Crippen LogP contribution in [0.2, 0.25) is 0 Å². The molecule has 0 unspecified atom stereocenters. The van der Waals surface area contributed by atoms with Gasteiger partial charge in [0.05, 0.1) is 13.2 Å². The highest BCUT2D eigenvalue weighted by Crippen LogP contribution is 2.26. The van der Waals surface area contributed by atoms with Crippen LogP contribution in [-0.4, -0.2) is 37.0 Å². The van der Waals surface area contributed by atoms with Gasteiger partial charge in [0.1, 0.15) is 5.75 Å². The van der Waals surface area contributed by atoms with Crippen LogP contribution in [0.1, 0.15) is 25.3 Å². The first-order valence-electron chi connectivity index (χ1n) is 7.27. The molecular weight excluding hydrogens is 252 g/mol. The number of piperidine rings is 1. The van der Waals surface area contributed by atoms with Gasteiger partial charge in [0.25, 0.3) is 0 Å². The fourth-order valence-corrected chi connectivity index (χ4v) is 2.98. The van der Waals surface area contributed by atoms with E-state index >= 15 is 0 Å². The van der Waals surface area contributed by atoms with Crippen molar-refractivity contribution >= 4 is 5.91 Å². The second-order valence-corrected chi connectivity index (χ2v) is 5.60. The van der Waals surface area contributed by atoms with Gasteiger partial charge in [0.2, 0.25) is 5.91 Å². The summed E-state index contributed by atoms with van der Waals surface area (Å²) in [5.74, 6) is 1.28. The van der Waals surface area contributed by atoms with Crippen molar-refractivity contribution < 1.29 is 9.53 Å². The average molecular weight is 276 g/mol. The van der Waals surface area contributed by atoms with E-state index in [-0.39, 0.29) is 11.9 Å². The van der Waals surface area contributed by atoms with E-state index in [1.165, 1.54) is 12.0 Å². The number of benzene rings is 1. The van der Waals surface area contributed by atoms with Gasteiger partial charge in [-0.05, 0) is 50.3 Å². The third-order valence-electron chi connectivity index (χ3n) is 4.21. The minimum absolute atomic E-state index is 0.171. The largest absolute Gasteiger partial charge is 0.496 e. The molecule has 0 spiro atoms. The number of rotatable bonds is 5. The maximum absolute atomic E-state index is 11.3. The number of nitrogens with zero attached hydrogens (tertiary/aromatic N) is 1. The Labute approximate surface area is 120 Å². The summed E-state index contributed by atoms with van der Waals surface area (Å²) in [6.45, 7) is 3.79. The Morgan fingerprint density at radius 1 is 1.50 bits per heavy atom. The highest BCUT2D eigenvalue weighted by Gasteiger charge is 2.26. The van der Waals surface area contributed by atoms with Crippen LogP contribution in [0.4, 0.5) is 0 Å². The second-order valence-electron chi connectivity index (χ2n) is 5.60. The lowest BCUT2D eigenvalue weighted by molar-refractivity contribution is -0.123. The zero-order chi connectivity index (χ0) is 14.5. The van der Waals surface area contributed by atoms with Gasteiger partial charge in [0.15, 0.2) is 0 Å². The van der Waals surface area contributed by atoms with Gasteiger partial charge in [-0.3, -0.25) is 9.69 Å². The molecule has 2 N–H and O–H groups in total. The predicted octanol–water partition coefficient (Wildman–Crippen LogP) is 1.82. The fourth-order valence-electron chi connectivity index (χ4n) is 2.98. The molecule has 0 saturated carbocycles. The first-order valence-corrected chi connectivity index (χ1v) is 7.27. The molecule has 4 nitrogen and oxygen atoms in total. The van der Waals surface area contributed by atoms with Crippen molar-refractivity contribution in [3.8, 4) is 5.75 Å². The van der Waals surface area contributed by atoms with Gasteiger partial charge in [-0.25, -0.2) is 0 Å². The van der Waals surface area contributed by atoms with Gasteiger partial charge >= 0.3 is 0 Å². The van der Waals surface area contributed by atoms with Gasteiger partial charge < -0.3 is 10.5 Å². The number of methoxy groups -OCH3 is 1. The smallest absolute Gasteiger partial charge is 0.234 e. The van der Waals surface area contributed by atoms with Crippen LogP contribution in [0.25, 0.3) is 0 Å². The zero-order valence-corrected chi connectivity index (χ0v) is 12.3. The molecule has 4 heteroatoms. The van der Waals surface area contributed by atoms with E-state index in [2.05, 4.69) is 11.0 Å². The summed E-state index contributed by atoms with van der Waals surface area (Å²) < 4.78 is 5.41. The van der Waals surface area contributed by atoms with Crippen molar-refractivity contribution in [3.05, 3.63) is 29.8 Å². The van der Waals surface area contributed by atoms with Crippen molar-refractivity contribution in [1.29, 1.82) is 0 Å². The zero-order valence-electron chi connectivity index (χ0n) is 12.3. The molecule has 1 aliphatic rings. The predicted molar refractivity (Wildman–Crippen MR) is 79.7 cm³/mol. The van der Waals surface area contributed by atoms with Gasteiger partial charge in [-0.1, -0.05) is 18.2 Å². The van der Waals surface area contributed by atoms with Crippen LogP contribution in [-0.2, 0) is 11.2 Å². The Kier molecular flexibility index (Phi) is 5.01. The molecule has 1 aromatic carbocycles. The molecular formula is C16H24N2O2. The lowest BCUT2D eigenvalue weighted by atomic mass is 9.90. The number of hydrogen-bond donors (Lipinski definition) is 1. The number of nitrogens with two attached hydrogens (primary N) is 1. The molecule has 1 heterocycles. The van der Waals surface area contributed by atoms with E-state index in [9.17, 15) is 4.79 Å². The maximum Gasteiger partial charge on any atom is 0.234 e. The standard InChI is InChI=1S/C16H24N2O2/c1-12(16(17)19)18-9-5-6-13(11-18)10-14-7-3-4-8-15(14)20-2/h3-4,7-8,12-13H,5-6,9-11H2,1-2H3,(H2,17,19)/t12-,13+/m1/s1. The van der Waals surface area contributed by atoms with Gasteiger partial charge in [-0.2, -0.15) is 0 Å². The van der Waals surface area contributed by atoms with Crippen molar-refractivity contribution in [2.45, 2.75) is 32.2 Å². The summed E-state index contributed by atoms with van der Waals surface area (Å²) >= 11 is 0. The fraction of sp³-hybridized carbons (Fsp3) is 0.562. The molecule has 0 aliphatic carbocycles. The molecule has 2 rings (SSSR count). The lowest BCUT2D eigenvalue weighted by Crippen LogP contribution is -2.47. The maximum atomic E-state index is 11.3. The van der Waals surface area contributed by atoms with Crippen LogP contribution >= 0.6 is 0 Å². The van der Waals surface area contributed by atoms with Crippen molar-refractivity contribution in [1.82, 2.24) is 4.90 Å². The number of primary amides is 1. The number of amides is 1. The molecule has 0 radical (unpaired) electrons. The number of para-hydroxylation sites is 1. The van der Waals surface area contributed by atoms with E-state index in [1.54, 1.807) is 7.11 Å². The molecule has 1 aromatic rings. The first kappa shape index (κ1) is 14.9. The summed E-state index contributed by atoms with van der Waals surface area (Å²) in [6, 6.07) is 7.99. The van der Waals surface area contributed by atoms with Crippen LogP contribution in [0.5, 0.6) is 5.75 Å².